The number of hydrogen-bond acceptors (Lipinski definition) is 1. The van der Waals surface area contributed by atoms with Gasteiger partial charge in [0.15, 0.2) is 0 Å². The van der Waals surface area contributed by atoms with Crippen molar-refractivity contribution in [2.75, 3.05) is 5.73 Å². The summed E-state index contributed by atoms with van der Waals surface area (Å²) < 4.78 is 0. The summed E-state index contributed by atoms with van der Waals surface area (Å²) in [5, 5.41) is 4.84. The predicted molar refractivity (Wildman–Crippen MR) is 91.3 cm³/mol. The quantitative estimate of drug-likeness (QED) is 0.470. The molecule has 0 unspecified atom stereocenters. The van der Waals surface area contributed by atoms with Gasteiger partial charge in [-0.1, -0.05) is 66.7 Å². The lowest BCUT2D eigenvalue weighted by molar-refractivity contribution is 1.67. The van der Waals surface area contributed by atoms with E-state index in [1.165, 1.54) is 27.3 Å². The van der Waals surface area contributed by atoms with Crippen LogP contribution in [0.3, 0.4) is 0 Å². The molecule has 0 aliphatic carbocycles. The largest absolute Gasteiger partial charge is 0.398 e. The van der Waals surface area contributed by atoms with E-state index in [4.69, 9.17) is 5.73 Å². The van der Waals surface area contributed by atoms with Crippen molar-refractivity contribution in [3.8, 4) is 11.1 Å². The summed E-state index contributed by atoms with van der Waals surface area (Å²) in [6.07, 6.45) is 0. The van der Waals surface area contributed by atoms with Gasteiger partial charge in [0.1, 0.15) is 0 Å². The Hall–Kier alpha value is -2.80. The second-order valence-electron chi connectivity index (χ2n) is 5.31. The molecule has 0 bridgehead atoms. The van der Waals surface area contributed by atoms with Crippen LogP contribution in [0.2, 0.25) is 0 Å². The van der Waals surface area contributed by atoms with Gasteiger partial charge in [-0.3, -0.25) is 0 Å². The highest BCUT2D eigenvalue weighted by atomic mass is 14.5. The Bertz CT molecular complexity index is 954. The molecule has 0 amide bonds. The molecule has 4 aromatic rings. The molecule has 0 aromatic heterocycles. The predicted octanol–water partition coefficient (Wildman–Crippen LogP) is 5.24. The third kappa shape index (κ3) is 1.95. The van der Waals surface area contributed by atoms with E-state index in [1.54, 1.807) is 0 Å². The summed E-state index contributed by atoms with van der Waals surface area (Å²) in [4.78, 5) is 0. The Balaban J connectivity index is 2.02. The number of benzene rings is 4. The zero-order valence-electron chi connectivity index (χ0n) is 11.6. The highest BCUT2D eigenvalue weighted by Gasteiger charge is 2.06. The molecule has 0 fully saturated rings. The Morgan fingerprint density at radius 2 is 1.29 bits per heavy atom. The maximum absolute atomic E-state index is 6.09. The maximum Gasteiger partial charge on any atom is 0.0394 e. The summed E-state index contributed by atoms with van der Waals surface area (Å²) in [5.41, 5.74) is 9.38. The average Bonchev–Trinajstić information content (AvgIpc) is 2.55. The monoisotopic (exact) mass is 269 g/mol. The normalized spacial score (nSPS) is 11.0. The molecule has 2 N–H and O–H groups in total. The summed E-state index contributed by atoms with van der Waals surface area (Å²) in [5.74, 6) is 0. The number of anilines is 1. The van der Waals surface area contributed by atoms with E-state index >= 15 is 0 Å². The minimum Gasteiger partial charge on any atom is -0.398 e. The first-order valence-corrected chi connectivity index (χ1v) is 7.09. The van der Waals surface area contributed by atoms with Crippen molar-refractivity contribution in [1.82, 2.24) is 0 Å². The van der Waals surface area contributed by atoms with Crippen molar-refractivity contribution in [2.24, 2.45) is 0 Å². The summed E-state index contributed by atoms with van der Waals surface area (Å²) >= 11 is 0. The molecule has 1 nitrogen and oxygen atoms in total. The molecule has 0 spiro atoms. The molecular formula is C20H15N. The van der Waals surface area contributed by atoms with E-state index in [9.17, 15) is 0 Å². The zero-order valence-corrected chi connectivity index (χ0v) is 11.6. The molecule has 4 rings (SSSR count). The van der Waals surface area contributed by atoms with Crippen molar-refractivity contribution >= 4 is 27.2 Å². The van der Waals surface area contributed by atoms with Gasteiger partial charge in [0.05, 0.1) is 0 Å². The van der Waals surface area contributed by atoms with Crippen LogP contribution < -0.4 is 5.73 Å². The average molecular weight is 269 g/mol. The fourth-order valence-corrected chi connectivity index (χ4v) is 2.93. The molecule has 0 heterocycles. The first-order chi connectivity index (χ1) is 10.3. The molecule has 0 aliphatic rings. The van der Waals surface area contributed by atoms with Gasteiger partial charge >= 0.3 is 0 Å². The summed E-state index contributed by atoms with van der Waals surface area (Å²) in [6, 6.07) is 27.4. The smallest absolute Gasteiger partial charge is 0.0394 e. The van der Waals surface area contributed by atoms with Gasteiger partial charge in [-0.15, -0.1) is 0 Å². The second-order valence-corrected chi connectivity index (χ2v) is 5.31. The number of nitrogen functional groups attached to an aromatic ring is 1. The van der Waals surface area contributed by atoms with Crippen LogP contribution in [0.25, 0.3) is 32.7 Å². The minimum atomic E-state index is 0.829. The maximum atomic E-state index is 6.09. The van der Waals surface area contributed by atoms with Crippen molar-refractivity contribution < 1.29 is 0 Å². The van der Waals surface area contributed by atoms with Crippen LogP contribution in [-0.2, 0) is 0 Å². The van der Waals surface area contributed by atoms with E-state index in [0.29, 0.717) is 0 Å². The van der Waals surface area contributed by atoms with Crippen LogP contribution in [0.1, 0.15) is 0 Å². The van der Waals surface area contributed by atoms with Gasteiger partial charge in [0.25, 0.3) is 0 Å². The van der Waals surface area contributed by atoms with Crippen LogP contribution in [0.15, 0.2) is 78.9 Å². The Morgan fingerprint density at radius 3 is 2.14 bits per heavy atom. The van der Waals surface area contributed by atoms with Crippen molar-refractivity contribution in [3.05, 3.63) is 78.9 Å². The third-order valence-corrected chi connectivity index (χ3v) is 4.02. The van der Waals surface area contributed by atoms with Gasteiger partial charge in [0.2, 0.25) is 0 Å². The van der Waals surface area contributed by atoms with Gasteiger partial charge in [0, 0.05) is 11.1 Å². The Kier molecular flexibility index (Phi) is 2.65. The van der Waals surface area contributed by atoms with Crippen LogP contribution in [0.5, 0.6) is 0 Å². The first-order valence-electron chi connectivity index (χ1n) is 7.09. The highest BCUT2D eigenvalue weighted by Crippen LogP contribution is 2.33. The van der Waals surface area contributed by atoms with E-state index < -0.39 is 0 Å². The molecule has 21 heavy (non-hydrogen) atoms. The molecular weight excluding hydrogens is 254 g/mol. The van der Waals surface area contributed by atoms with E-state index in [1.807, 2.05) is 12.1 Å². The topological polar surface area (TPSA) is 26.0 Å². The highest BCUT2D eigenvalue weighted by molar-refractivity contribution is 6.04. The minimum absolute atomic E-state index is 0.829. The fourth-order valence-electron chi connectivity index (χ4n) is 2.93. The first kappa shape index (κ1) is 12.0. The van der Waals surface area contributed by atoms with Crippen LogP contribution in [0.4, 0.5) is 5.69 Å². The van der Waals surface area contributed by atoms with E-state index in [0.717, 1.165) is 11.1 Å². The van der Waals surface area contributed by atoms with Crippen LogP contribution in [0, 0.1) is 0 Å². The van der Waals surface area contributed by atoms with Gasteiger partial charge in [-0.2, -0.15) is 0 Å². The van der Waals surface area contributed by atoms with Crippen LogP contribution >= 0.6 is 0 Å². The lowest BCUT2D eigenvalue weighted by atomic mass is 9.95. The van der Waals surface area contributed by atoms with Gasteiger partial charge < -0.3 is 5.73 Å². The number of nitrogens with two attached hydrogens (primary N) is 1. The van der Waals surface area contributed by atoms with Crippen molar-refractivity contribution in [3.63, 3.8) is 0 Å². The van der Waals surface area contributed by atoms with Crippen molar-refractivity contribution in [1.29, 1.82) is 0 Å². The molecule has 100 valence electrons. The SMILES string of the molecule is Nc1ccc(-c2ccc3ccccc3c2)c2ccccc12. The molecule has 0 aliphatic heterocycles. The molecule has 0 saturated heterocycles. The summed E-state index contributed by atoms with van der Waals surface area (Å²) in [6.45, 7) is 0. The molecule has 1 heteroatoms. The fraction of sp³-hybridized carbons (Fsp3) is 0. The molecule has 4 aromatic carbocycles. The second kappa shape index (κ2) is 4.64. The van der Waals surface area contributed by atoms with Gasteiger partial charge in [-0.25, -0.2) is 0 Å². The zero-order chi connectivity index (χ0) is 14.2. The van der Waals surface area contributed by atoms with E-state index in [2.05, 4.69) is 66.7 Å². The third-order valence-electron chi connectivity index (χ3n) is 4.02. The van der Waals surface area contributed by atoms with E-state index in [-0.39, 0.29) is 0 Å². The lowest BCUT2D eigenvalue weighted by Crippen LogP contribution is -1.89. The molecule has 0 saturated carbocycles. The standard InChI is InChI=1S/C20H15N/c21-20-12-11-17(18-7-3-4-8-19(18)20)16-10-9-14-5-1-2-6-15(14)13-16/h1-13H,21H2. The number of rotatable bonds is 1. The Morgan fingerprint density at radius 1 is 0.571 bits per heavy atom. The van der Waals surface area contributed by atoms with Crippen LogP contribution in [-0.4, -0.2) is 0 Å². The van der Waals surface area contributed by atoms with Gasteiger partial charge in [-0.05, 0) is 39.4 Å². The summed E-state index contributed by atoms with van der Waals surface area (Å²) in [7, 11) is 0. The lowest BCUT2D eigenvalue weighted by Gasteiger charge is -2.10. The van der Waals surface area contributed by atoms with Crippen molar-refractivity contribution in [2.45, 2.75) is 0 Å². The molecule has 0 atom stereocenters. The molecule has 0 radical (unpaired) electrons. The Labute approximate surface area is 123 Å². The number of hydrogen-bond donors (Lipinski definition) is 1. The number of fused-ring (bicyclic) bond motifs is 2.